The molecule has 0 aliphatic carbocycles. The van der Waals surface area contributed by atoms with Crippen LogP contribution in [-0.4, -0.2) is 25.6 Å². The lowest BCUT2D eigenvalue weighted by Gasteiger charge is -2.13. The summed E-state index contributed by atoms with van der Waals surface area (Å²) in [5, 5.41) is 5.96. The minimum absolute atomic E-state index is 0. The van der Waals surface area contributed by atoms with Gasteiger partial charge in [-0.25, -0.2) is 0 Å². The molecule has 142 valence electrons. The summed E-state index contributed by atoms with van der Waals surface area (Å²) < 4.78 is 28.7. The van der Waals surface area contributed by atoms with E-state index < -0.39 is 6.61 Å². The van der Waals surface area contributed by atoms with Crippen LogP contribution in [0, 0.1) is 0 Å². The van der Waals surface area contributed by atoms with Gasteiger partial charge >= 0.3 is 6.61 Å². The Kier molecular flexibility index (Phi) is 9.40. The smallest absolute Gasteiger partial charge is 0.387 e. The molecule has 0 unspecified atom stereocenters. The second-order valence-electron chi connectivity index (χ2n) is 5.33. The van der Waals surface area contributed by atoms with Crippen molar-refractivity contribution in [2.24, 2.45) is 5.73 Å². The molecule has 0 aliphatic rings. The van der Waals surface area contributed by atoms with E-state index in [9.17, 15) is 13.6 Å². The van der Waals surface area contributed by atoms with E-state index in [0.717, 1.165) is 12.8 Å². The second kappa shape index (κ2) is 11.3. The topological polar surface area (TPSA) is 76.4 Å². The van der Waals surface area contributed by atoms with E-state index in [0.29, 0.717) is 30.0 Å². The van der Waals surface area contributed by atoms with Gasteiger partial charge in [0.15, 0.2) is 0 Å². The molecule has 2 aromatic rings. The van der Waals surface area contributed by atoms with Crippen molar-refractivity contribution < 1.29 is 18.3 Å². The molecule has 5 nitrogen and oxygen atoms in total. The van der Waals surface area contributed by atoms with Crippen LogP contribution in [0.1, 0.15) is 23.2 Å². The molecule has 1 amide bonds. The minimum Gasteiger partial charge on any atom is -0.435 e. The predicted molar refractivity (Wildman–Crippen MR) is 101 cm³/mol. The summed E-state index contributed by atoms with van der Waals surface area (Å²) in [6.45, 7) is -1.70. The zero-order valence-electron chi connectivity index (χ0n) is 14.1. The van der Waals surface area contributed by atoms with Crippen LogP contribution in [0.15, 0.2) is 48.5 Å². The molecule has 8 heteroatoms. The van der Waals surface area contributed by atoms with Gasteiger partial charge in [0, 0.05) is 12.2 Å². The minimum atomic E-state index is -2.86. The van der Waals surface area contributed by atoms with Crippen molar-refractivity contribution in [1.29, 1.82) is 0 Å². The van der Waals surface area contributed by atoms with Crippen LogP contribution >= 0.6 is 12.4 Å². The van der Waals surface area contributed by atoms with Crippen molar-refractivity contribution in [2.45, 2.75) is 19.5 Å². The largest absolute Gasteiger partial charge is 0.435 e. The number of para-hydroxylation sites is 1. The molecule has 0 aromatic heterocycles. The number of hydrogen-bond acceptors (Lipinski definition) is 4. The number of nitrogens with one attached hydrogen (secondary N) is 2. The Morgan fingerprint density at radius 1 is 1.08 bits per heavy atom. The van der Waals surface area contributed by atoms with Crippen molar-refractivity contribution >= 4 is 29.7 Å². The van der Waals surface area contributed by atoms with Gasteiger partial charge in [-0.3, -0.25) is 4.79 Å². The van der Waals surface area contributed by atoms with E-state index in [1.165, 1.54) is 12.1 Å². The summed E-state index contributed by atoms with van der Waals surface area (Å²) >= 11 is 0. The lowest BCUT2D eigenvalue weighted by Crippen LogP contribution is -2.25. The maximum atomic E-state index is 12.3. The second-order valence-corrected chi connectivity index (χ2v) is 5.33. The highest BCUT2D eigenvalue weighted by atomic mass is 35.5. The van der Waals surface area contributed by atoms with E-state index >= 15 is 0 Å². The summed E-state index contributed by atoms with van der Waals surface area (Å²) in [6, 6.07) is 13.2. The normalized spacial score (nSPS) is 10.2. The Labute approximate surface area is 157 Å². The number of carbonyl (C=O) groups is 1. The van der Waals surface area contributed by atoms with Crippen LogP contribution in [0.3, 0.4) is 0 Å². The van der Waals surface area contributed by atoms with E-state index in [1.54, 1.807) is 30.3 Å². The standard InChI is InChI=1S/C18H21F2N3O2.ClH/c19-18(20)25-14-9-7-13(8-10-14)23-16-6-2-1-5-15(16)17(24)22-12-4-3-11-21;/h1-2,5-10,18,23H,3-4,11-12,21H2,(H,22,24);1H. The van der Waals surface area contributed by atoms with Gasteiger partial charge in [0.25, 0.3) is 5.91 Å². The number of benzene rings is 2. The highest BCUT2D eigenvalue weighted by Gasteiger charge is 2.11. The maximum Gasteiger partial charge on any atom is 0.387 e. The number of carbonyl (C=O) groups excluding carboxylic acids is 1. The monoisotopic (exact) mass is 385 g/mol. The van der Waals surface area contributed by atoms with Gasteiger partial charge in [0.1, 0.15) is 5.75 Å². The summed E-state index contributed by atoms with van der Waals surface area (Å²) in [5.41, 5.74) is 7.22. The average Bonchev–Trinajstić information content (AvgIpc) is 2.60. The first-order chi connectivity index (χ1) is 12.1. The molecule has 2 rings (SSSR count). The number of rotatable bonds is 9. The lowest BCUT2D eigenvalue weighted by molar-refractivity contribution is -0.0498. The van der Waals surface area contributed by atoms with Crippen molar-refractivity contribution in [2.75, 3.05) is 18.4 Å². The summed E-state index contributed by atoms with van der Waals surface area (Å²) in [5.74, 6) is -0.107. The van der Waals surface area contributed by atoms with Crippen molar-refractivity contribution in [3.63, 3.8) is 0 Å². The third-order valence-corrected chi connectivity index (χ3v) is 3.45. The van der Waals surface area contributed by atoms with Gasteiger partial charge < -0.3 is 21.1 Å². The molecule has 0 bridgehead atoms. The predicted octanol–water partition coefficient (Wildman–Crippen LogP) is 3.92. The number of hydrogen-bond donors (Lipinski definition) is 3. The molecular weight excluding hydrogens is 364 g/mol. The van der Waals surface area contributed by atoms with Crippen LogP contribution in [0.5, 0.6) is 5.75 Å². The van der Waals surface area contributed by atoms with E-state index in [-0.39, 0.29) is 24.1 Å². The van der Waals surface area contributed by atoms with Gasteiger partial charge in [0.05, 0.1) is 11.3 Å². The van der Waals surface area contributed by atoms with Gasteiger partial charge in [-0.05, 0) is 55.8 Å². The van der Waals surface area contributed by atoms with Crippen LogP contribution in [0.2, 0.25) is 0 Å². The highest BCUT2D eigenvalue weighted by Crippen LogP contribution is 2.23. The summed E-state index contributed by atoms with van der Waals surface area (Å²) in [7, 11) is 0. The molecule has 4 N–H and O–H groups in total. The fourth-order valence-corrected chi connectivity index (χ4v) is 2.23. The number of amides is 1. The van der Waals surface area contributed by atoms with Crippen LogP contribution in [0.4, 0.5) is 20.2 Å². The Bertz CT molecular complexity index is 684. The third-order valence-electron chi connectivity index (χ3n) is 3.45. The lowest BCUT2D eigenvalue weighted by atomic mass is 10.1. The molecule has 2 aromatic carbocycles. The van der Waals surface area contributed by atoms with Gasteiger partial charge in [-0.15, -0.1) is 12.4 Å². The van der Waals surface area contributed by atoms with Crippen molar-refractivity contribution in [3.05, 3.63) is 54.1 Å². The number of unbranched alkanes of at least 4 members (excludes halogenated alkanes) is 1. The number of anilines is 2. The average molecular weight is 386 g/mol. The first-order valence-electron chi connectivity index (χ1n) is 7.99. The van der Waals surface area contributed by atoms with Gasteiger partial charge in [-0.2, -0.15) is 8.78 Å². The van der Waals surface area contributed by atoms with Crippen molar-refractivity contribution in [1.82, 2.24) is 5.32 Å². The molecule has 0 spiro atoms. The first-order valence-corrected chi connectivity index (χ1v) is 7.99. The van der Waals surface area contributed by atoms with E-state index in [2.05, 4.69) is 15.4 Å². The Morgan fingerprint density at radius 2 is 1.77 bits per heavy atom. The quantitative estimate of drug-likeness (QED) is 0.572. The highest BCUT2D eigenvalue weighted by molar-refractivity contribution is 6.00. The molecular formula is C18H22ClF2N3O2. The number of nitrogens with two attached hydrogens (primary N) is 1. The Hall–Kier alpha value is -2.38. The molecule has 0 heterocycles. The Morgan fingerprint density at radius 3 is 2.42 bits per heavy atom. The van der Waals surface area contributed by atoms with Crippen molar-refractivity contribution in [3.8, 4) is 5.75 Å². The third kappa shape index (κ3) is 6.85. The Balaban J connectivity index is 0.00000338. The SMILES string of the molecule is Cl.NCCCCNC(=O)c1ccccc1Nc1ccc(OC(F)F)cc1. The molecule has 0 saturated carbocycles. The van der Waals surface area contributed by atoms with Gasteiger partial charge in [-0.1, -0.05) is 12.1 Å². The van der Waals surface area contributed by atoms with Gasteiger partial charge in [0.2, 0.25) is 0 Å². The van der Waals surface area contributed by atoms with E-state index in [4.69, 9.17) is 5.73 Å². The number of halogens is 3. The molecule has 26 heavy (non-hydrogen) atoms. The maximum absolute atomic E-state index is 12.3. The van der Waals surface area contributed by atoms with Crippen LogP contribution in [0.25, 0.3) is 0 Å². The molecule has 0 fully saturated rings. The van der Waals surface area contributed by atoms with Crippen LogP contribution < -0.4 is 21.1 Å². The zero-order chi connectivity index (χ0) is 18.1. The zero-order valence-corrected chi connectivity index (χ0v) is 14.9. The first kappa shape index (κ1) is 21.7. The fourth-order valence-electron chi connectivity index (χ4n) is 2.23. The number of ether oxygens (including phenoxy) is 1. The molecule has 0 aliphatic heterocycles. The molecule has 0 saturated heterocycles. The summed E-state index contributed by atoms with van der Waals surface area (Å²) in [4.78, 5) is 12.3. The molecule has 0 atom stereocenters. The molecule has 0 radical (unpaired) electrons. The fraction of sp³-hybridized carbons (Fsp3) is 0.278. The summed E-state index contributed by atoms with van der Waals surface area (Å²) in [6.07, 6.45) is 1.68. The van der Waals surface area contributed by atoms with E-state index in [1.807, 2.05) is 6.07 Å². The number of alkyl halides is 2. The van der Waals surface area contributed by atoms with Crippen LogP contribution in [-0.2, 0) is 0 Å².